The van der Waals surface area contributed by atoms with Gasteiger partial charge >= 0.3 is 0 Å². The van der Waals surface area contributed by atoms with E-state index in [1.807, 2.05) is 36.1 Å². The van der Waals surface area contributed by atoms with Crippen LogP contribution in [0, 0.1) is 0 Å². The fourth-order valence-electron chi connectivity index (χ4n) is 2.61. The molecule has 0 bridgehead atoms. The molecule has 120 valence electrons. The lowest BCUT2D eigenvalue weighted by Crippen LogP contribution is -2.51. The Bertz CT molecular complexity index is 521. The zero-order valence-corrected chi connectivity index (χ0v) is 13.7. The second-order valence-corrected chi connectivity index (χ2v) is 5.83. The van der Waals surface area contributed by atoms with E-state index in [1.54, 1.807) is 6.08 Å². The molecule has 0 saturated carbocycles. The third-order valence-corrected chi connectivity index (χ3v) is 4.03. The number of carbonyl (C=O) groups is 1. The summed E-state index contributed by atoms with van der Waals surface area (Å²) in [7, 11) is 0. The van der Waals surface area contributed by atoms with E-state index in [9.17, 15) is 4.79 Å². The molecule has 5 heteroatoms. The summed E-state index contributed by atoms with van der Waals surface area (Å²) >= 11 is 6.08. The van der Waals surface area contributed by atoms with Crippen LogP contribution in [-0.2, 0) is 9.53 Å². The molecule has 0 aliphatic carbocycles. The highest BCUT2D eigenvalue weighted by Crippen LogP contribution is 2.25. The standard InChI is InChI=1S/C17H23ClN2O2/c1-3-4-10-22-13(2)17(21)20-9-8-19-12-16(20)14-6-5-7-15(18)11-14/h3,5-7,11,13,16,19H,1,4,8-10,12H2,2H3. The largest absolute Gasteiger partial charge is 0.368 e. The maximum absolute atomic E-state index is 12.7. The van der Waals surface area contributed by atoms with Crippen molar-refractivity contribution in [1.29, 1.82) is 0 Å². The topological polar surface area (TPSA) is 41.6 Å². The van der Waals surface area contributed by atoms with Crippen LogP contribution in [0.3, 0.4) is 0 Å². The number of amides is 1. The Morgan fingerprint density at radius 3 is 3.18 bits per heavy atom. The fourth-order valence-corrected chi connectivity index (χ4v) is 2.81. The van der Waals surface area contributed by atoms with E-state index in [0.717, 1.165) is 25.1 Å². The Kier molecular flexibility index (Phi) is 6.43. The molecule has 4 nitrogen and oxygen atoms in total. The number of benzene rings is 1. The van der Waals surface area contributed by atoms with Crippen LogP contribution in [0.25, 0.3) is 0 Å². The molecule has 1 aliphatic heterocycles. The number of hydrogen-bond acceptors (Lipinski definition) is 3. The SMILES string of the molecule is C=CCCOC(C)C(=O)N1CCNCC1c1cccc(Cl)c1. The molecule has 1 aromatic carbocycles. The van der Waals surface area contributed by atoms with Crippen LogP contribution < -0.4 is 5.32 Å². The molecule has 2 rings (SSSR count). The molecule has 2 unspecified atom stereocenters. The van der Waals surface area contributed by atoms with Crippen molar-refractivity contribution in [3.8, 4) is 0 Å². The molecular weight excluding hydrogens is 300 g/mol. The Morgan fingerprint density at radius 1 is 1.64 bits per heavy atom. The van der Waals surface area contributed by atoms with Gasteiger partial charge in [-0.2, -0.15) is 0 Å². The maximum Gasteiger partial charge on any atom is 0.252 e. The van der Waals surface area contributed by atoms with E-state index >= 15 is 0 Å². The van der Waals surface area contributed by atoms with E-state index in [2.05, 4.69) is 11.9 Å². The van der Waals surface area contributed by atoms with E-state index < -0.39 is 6.10 Å². The highest BCUT2D eigenvalue weighted by Gasteiger charge is 2.30. The molecule has 1 amide bonds. The van der Waals surface area contributed by atoms with Crippen molar-refractivity contribution in [1.82, 2.24) is 10.2 Å². The molecule has 1 fully saturated rings. The number of rotatable bonds is 6. The minimum Gasteiger partial charge on any atom is -0.368 e. The lowest BCUT2D eigenvalue weighted by Gasteiger charge is -2.38. The summed E-state index contributed by atoms with van der Waals surface area (Å²) < 4.78 is 5.60. The predicted octanol–water partition coefficient (Wildman–Crippen LogP) is 2.79. The highest BCUT2D eigenvalue weighted by molar-refractivity contribution is 6.30. The van der Waals surface area contributed by atoms with Crippen LogP contribution in [-0.4, -0.2) is 43.2 Å². The summed E-state index contributed by atoms with van der Waals surface area (Å²) in [6.07, 6.45) is 2.09. The van der Waals surface area contributed by atoms with Crippen LogP contribution >= 0.6 is 11.6 Å². The molecule has 1 aliphatic rings. The van der Waals surface area contributed by atoms with E-state index in [1.165, 1.54) is 0 Å². The van der Waals surface area contributed by atoms with Gasteiger partial charge < -0.3 is 15.0 Å². The first-order valence-electron chi connectivity index (χ1n) is 7.62. The first-order valence-corrected chi connectivity index (χ1v) is 8.00. The number of hydrogen-bond donors (Lipinski definition) is 1. The van der Waals surface area contributed by atoms with Crippen molar-refractivity contribution in [2.24, 2.45) is 0 Å². The lowest BCUT2D eigenvalue weighted by molar-refractivity contribution is -0.146. The molecule has 0 radical (unpaired) electrons. The number of nitrogens with one attached hydrogen (secondary N) is 1. The summed E-state index contributed by atoms with van der Waals surface area (Å²) in [5, 5.41) is 4.02. The molecule has 0 spiro atoms. The zero-order chi connectivity index (χ0) is 15.9. The Labute approximate surface area is 137 Å². The number of halogens is 1. The van der Waals surface area contributed by atoms with Gasteiger partial charge in [0.15, 0.2) is 0 Å². The second-order valence-electron chi connectivity index (χ2n) is 5.40. The van der Waals surface area contributed by atoms with Crippen LogP contribution in [0.2, 0.25) is 5.02 Å². The van der Waals surface area contributed by atoms with Crippen molar-refractivity contribution in [2.75, 3.05) is 26.2 Å². The average molecular weight is 323 g/mol. The predicted molar refractivity (Wildman–Crippen MR) is 89.0 cm³/mol. The molecular formula is C17H23ClN2O2. The second kappa shape index (κ2) is 8.32. The van der Waals surface area contributed by atoms with Crippen LogP contribution in [0.1, 0.15) is 24.9 Å². The maximum atomic E-state index is 12.7. The minimum absolute atomic E-state index is 0.00888. The number of nitrogens with zero attached hydrogens (tertiary/aromatic N) is 1. The van der Waals surface area contributed by atoms with Crippen LogP contribution in [0.5, 0.6) is 0 Å². The highest BCUT2D eigenvalue weighted by atomic mass is 35.5. The van der Waals surface area contributed by atoms with Crippen LogP contribution in [0.15, 0.2) is 36.9 Å². The van der Waals surface area contributed by atoms with Crippen molar-refractivity contribution < 1.29 is 9.53 Å². The number of piperazine rings is 1. The first kappa shape index (κ1) is 17.0. The van der Waals surface area contributed by atoms with Gasteiger partial charge in [0.1, 0.15) is 6.10 Å². The summed E-state index contributed by atoms with van der Waals surface area (Å²) in [4.78, 5) is 14.6. The van der Waals surface area contributed by atoms with Crippen molar-refractivity contribution in [3.63, 3.8) is 0 Å². The summed E-state index contributed by atoms with van der Waals surface area (Å²) in [5.41, 5.74) is 1.05. The molecule has 0 aromatic heterocycles. The summed E-state index contributed by atoms with van der Waals surface area (Å²) in [6, 6.07) is 7.67. The van der Waals surface area contributed by atoms with Crippen molar-refractivity contribution in [2.45, 2.75) is 25.5 Å². The van der Waals surface area contributed by atoms with Gasteiger partial charge in [0.25, 0.3) is 5.91 Å². The third-order valence-electron chi connectivity index (χ3n) is 3.80. The van der Waals surface area contributed by atoms with Crippen molar-refractivity contribution in [3.05, 3.63) is 47.5 Å². The number of ether oxygens (including phenoxy) is 1. The Balaban J connectivity index is 2.08. The molecule has 1 aromatic rings. The van der Waals surface area contributed by atoms with E-state index in [0.29, 0.717) is 18.2 Å². The quantitative estimate of drug-likeness (QED) is 0.647. The van der Waals surface area contributed by atoms with E-state index in [-0.39, 0.29) is 11.9 Å². The van der Waals surface area contributed by atoms with Gasteiger partial charge in [-0.05, 0) is 31.0 Å². The van der Waals surface area contributed by atoms with Gasteiger partial charge in [-0.3, -0.25) is 4.79 Å². The first-order chi connectivity index (χ1) is 10.6. The van der Waals surface area contributed by atoms with Gasteiger partial charge in [-0.25, -0.2) is 0 Å². The Hall–Kier alpha value is -1.36. The van der Waals surface area contributed by atoms with E-state index in [4.69, 9.17) is 16.3 Å². The van der Waals surface area contributed by atoms with Crippen LogP contribution in [0.4, 0.5) is 0 Å². The van der Waals surface area contributed by atoms with Gasteiger partial charge in [0, 0.05) is 24.7 Å². The summed E-state index contributed by atoms with van der Waals surface area (Å²) in [5.74, 6) is 0.0236. The molecule has 22 heavy (non-hydrogen) atoms. The minimum atomic E-state index is -0.445. The molecule has 1 heterocycles. The van der Waals surface area contributed by atoms with Gasteiger partial charge in [-0.1, -0.05) is 29.8 Å². The van der Waals surface area contributed by atoms with Gasteiger partial charge in [0.05, 0.1) is 12.6 Å². The summed E-state index contributed by atoms with van der Waals surface area (Å²) in [6.45, 7) is 8.18. The van der Waals surface area contributed by atoms with Crippen molar-refractivity contribution >= 4 is 17.5 Å². The number of carbonyl (C=O) groups excluding carboxylic acids is 1. The lowest BCUT2D eigenvalue weighted by atomic mass is 10.0. The smallest absolute Gasteiger partial charge is 0.252 e. The fraction of sp³-hybridized carbons (Fsp3) is 0.471. The third kappa shape index (κ3) is 4.32. The molecule has 2 atom stereocenters. The van der Waals surface area contributed by atoms with Gasteiger partial charge in [-0.15, -0.1) is 6.58 Å². The molecule has 1 N–H and O–H groups in total. The normalized spacial score (nSPS) is 19.7. The monoisotopic (exact) mass is 322 g/mol. The van der Waals surface area contributed by atoms with Gasteiger partial charge in [0.2, 0.25) is 0 Å². The average Bonchev–Trinajstić information content (AvgIpc) is 2.54. The molecule has 1 saturated heterocycles. The Morgan fingerprint density at radius 2 is 2.45 bits per heavy atom. The zero-order valence-electron chi connectivity index (χ0n) is 12.9.